The average molecular weight is 280 g/mol. The predicted octanol–water partition coefficient (Wildman–Crippen LogP) is 4.27. The molecule has 0 bridgehead atoms. The van der Waals surface area contributed by atoms with Gasteiger partial charge in [0.25, 0.3) is 0 Å². The lowest BCUT2D eigenvalue weighted by atomic mass is 10.1. The number of halogens is 3. The van der Waals surface area contributed by atoms with Crippen LogP contribution in [0.2, 0.25) is 0 Å². The van der Waals surface area contributed by atoms with Gasteiger partial charge in [-0.2, -0.15) is 13.2 Å². The number of nitrogens with one attached hydrogen (secondary N) is 1. The third-order valence-corrected chi connectivity index (χ3v) is 2.99. The molecule has 0 fully saturated rings. The second kappa shape index (κ2) is 5.94. The van der Waals surface area contributed by atoms with Gasteiger partial charge < -0.3 is 5.32 Å². The molecule has 0 saturated carbocycles. The summed E-state index contributed by atoms with van der Waals surface area (Å²) in [5, 5.41) is 2.90. The van der Waals surface area contributed by atoms with Gasteiger partial charge in [-0.05, 0) is 29.7 Å². The van der Waals surface area contributed by atoms with Crippen molar-refractivity contribution in [2.24, 2.45) is 0 Å². The highest BCUT2D eigenvalue weighted by Gasteiger charge is 2.30. The number of nitrogens with zero attached hydrogens (tertiary/aromatic N) is 1. The minimum Gasteiger partial charge on any atom is -0.366 e. The molecule has 1 N–H and O–H groups in total. The molecule has 0 aliphatic rings. The SMILES string of the molecule is CCc1ccc(CNc2cc(C(F)(F)F)ccn2)cc1. The minimum atomic E-state index is -4.35. The maximum Gasteiger partial charge on any atom is 0.416 e. The lowest BCUT2D eigenvalue weighted by Gasteiger charge is -2.10. The number of rotatable bonds is 4. The molecule has 0 aliphatic heterocycles. The number of anilines is 1. The predicted molar refractivity (Wildman–Crippen MR) is 72.4 cm³/mol. The van der Waals surface area contributed by atoms with Gasteiger partial charge in [-0.25, -0.2) is 4.98 Å². The summed E-state index contributed by atoms with van der Waals surface area (Å²) >= 11 is 0. The number of aromatic nitrogens is 1. The van der Waals surface area contributed by atoms with Crippen LogP contribution in [0.3, 0.4) is 0 Å². The van der Waals surface area contributed by atoms with Gasteiger partial charge in [-0.15, -0.1) is 0 Å². The Morgan fingerprint density at radius 2 is 1.70 bits per heavy atom. The Morgan fingerprint density at radius 1 is 1.05 bits per heavy atom. The number of pyridine rings is 1. The van der Waals surface area contributed by atoms with Crippen molar-refractivity contribution in [1.82, 2.24) is 4.98 Å². The van der Waals surface area contributed by atoms with Crippen LogP contribution in [0.1, 0.15) is 23.6 Å². The van der Waals surface area contributed by atoms with Crippen LogP contribution in [0.4, 0.5) is 19.0 Å². The first-order valence-corrected chi connectivity index (χ1v) is 6.34. The summed E-state index contributed by atoms with van der Waals surface area (Å²) in [5.74, 6) is 0.222. The first-order valence-electron chi connectivity index (χ1n) is 6.34. The largest absolute Gasteiger partial charge is 0.416 e. The third-order valence-electron chi connectivity index (χ3n) is 2.99. The first-order chi connectivity index (χ1) is 9.49. The van der Waals surface area contributed by atoms with E-state index in [2.05, 4.69) is 17.2 Å². The Balaban J connectivity index is 2.03. The van der Waals surface area contributed by atoms with Gasteiger partial charge >= 0.3 is 6.18 Å². The number of benzene rings is 1. The Labute approximate surface area is 115 Å². The van der Waals surface area contributed by atoms with Crippen LogP contribution < -0.4 is 5.32 Å². The second-order valence-corrected chi connectivity index (χ2v) is 4.45. The van der Waals surface area contributed by atoms with Gasteiger partial charge in [-0.3, -0.25) is 0 Å². The Kier molecular flexibility index (Phi) is 4.27. The van der Waals surface area contributed by atoms with Crippen molar-refractivity contribution in [3.8, 4) is 0 Å². The topological polar surface area (TPSA) is 24.9 Å². The standard InChI is InChI=1S/C15H15F3N2/c1-2-11-3-5-12(6-4-11)10-20-14-9-13(7-8-19-14)15(16,17)18/h3-9H,2,10H2,1H3,(H,19,20). The zero-order valence-electron chi connectivity index (χ0n) is 11.0. The van der Waals surface area contributed by atoms with Gasteiger partial charge in [0.15, 0.2) is 0 Å². The Morgan fingerprint density at radius 3 is 2.30 bits per heavy atom. The zero-order valence-corrected chi connectivity index (χ0v) is 11.0. The summed E-state index contributed by atoms with van der Waals surface area (Å²) in [6.07, 6.45) is -2.23. The summed E-state index contributed by atoms with van der Waals surface area (Å²) in [7, 11) is 0. The van der Waals surface area contributed by atoms with Crippen molar-refractivity contribution in [1.29, 1.82) is 0 Å². The van der Waals surface area contributed by atoms with Gasteiger partial charge in [0.05, 0.1) is 5.56 Å². The quantitative estimate of drug-likeness (QED) is 0.904. The lowest BCUT2D eigenvalue weighted by molar-refractivity contribution is -0.137. The van der Waals surface area contributed by atoms with Crippen LogP contribution >= 0.6 is 0 Å². The highest BCUT2D eigenvalue weighted by Crippen LogP contribution is 2.29. The fourth-order valence-electron chi connectivity index (χ4n) is 1.79. The van der Waals surface area contributed by atoms with Crippen molar-refractivity contribution < 1.29 is 13.2 Å². The fraction of sp³-hybridized carbons (Fsp3) is 0.267. The van der Waals surface area contributed by atoms with Crippen molar-refractivity contribution in [2.75, 3.05) is 5.32 Å². The average Bonchev–Trinajstić information content (AvgIpc) is 2.45. The Hall–Kier alpha value is -2.04. The third kappa shape index (κ3) is 3.73. The molecule has 0 atom stereocenters. The molecule has 2 nitrogen and oxygen atoms in total. The van der Waals surface area contributed by atoms with E-state index >= 15 is 0 Å². The molecule has 5 heteroatoms. The van der Waals surface area contributed by atoms with Gasteiger partial charge in [0.1, 0.15) is 5.82 Å². The van der Waals surface area contributed by atoms with Crippen molar-refractivity contribution in [3.05, 3.63) is 59.3 Å². The van der Waals surface area contributed by atoms with E-state index in [9.17, 15) is 13.2 Å². The van der Waals surface area contributed by atoms with Crippen LogP contribution in [0.15, 0.2) is 42.6 Å². The maximum absolute atomic E-state index is 12.6. The normalized spacial score (nSPS) is 11.4. The molecule has 0 spiro atoms. The molecule has 106 valence electrons. The summed E-state index contributed by atoms with van der Waals surface area (Å²) in [6, 6.07) is 9.91. The molecule has 0 aliphatic carbocycles. The number of aryl methyl sites for hydroxylation is 1. The van der Waals surface area contributed by atoms with Crippen molar-refractivity contribution in [2.45, 2.75) is 26.1 Å². The number of hydrogen-bond donors (Lipinski definition) is 1. The summed E-state index contributed by atoms with van der Waals surface area (Å²) in [4.78, 5) is 3.89. The molecule has 0 radical (unpaired) electrons. The summed E-state index contributed by atoms with van der Waals surface area (Å²) in [5.41, 5.74) is 1.53. The van der Waals surface area contributed by atoms with Crippen LogP contribution in [-0.2, 0) is 19.1 Å². The second-order valence-electron chi connectivity index (χ2n) is 4.45. The molecule has 2 aromatic rings. The van der Waals surface area contributed by atoms with E-state index < -0.39 is 11.7 Å². The smallest absolute Gasteiger partial charge is 0.366 e. The lowest BCUT2D eigenvalue weighted by Crippen LogP contribution is -2.07. The molecular formula is C15H15F3N2. The van der Waals surface area contributed by atoms with Gasteiger partial charge in [0.2, 0.25) is 0 Å². The van der Waals surface area contributed by atoms with E-state index in [0.717, 1.165) is 30.3 Å². The highest BCUT2D eigenvalue weighted by atomic mass is 19.4. The molecule has 20 heavy (non-hydrogen) atoms. The van der Waals surface area contributed by atoms with Crippen molar-refractivity contribution in [3.63, 3.8) is 0 Å². The van der Waals surface area contributed by atoms with E-state index in [1.54, 1.807) is 0 Å². The molecule has 0 saturated heterocycles. The monoisotopic (exact) mass is 280 g/mol. The highest BCUT2D eigenvalue weighted by molar-refractivity contribution is 5.39. The maximum atomic E-state index is 12.6. The van der Waals surface area contributed by atoms with Crippen LogP contribution in [-0.4, -0.2) is 4.98 Å². The number of alkyl halides is 3. The van der Waals surface area contributed by atoms with E-state index in [0.29, 0.717) is 6.54 Å². The molecule has 1 aromatic heterocycles. The minimum absolute atomic E-state index is 0.222. The summed E-state index contributed by atoms with van der Waals surface area (Å²) < 4.78 is 37.7. The van der Waals surface area contributed by atoms with Crippen LogP contribution in [0.25, 0.3) is 0 Å². The van der Waals surface area contributed by atoms with E-state index in [1.165, 1.54) is 5.56 Å². The fourth-order valence-corrected chi connectivity index (χ4v) is 1.79. The summed E-state index contributed by atoms with van der Waals surface area (Å²) in [6.45, 7) is 2.51. The molecule has 0 amide bonds. The first kappa shape index (κ1) is 14.4. The molecule has 1 heterocycles. The number of hydrogen-bond acceptors (Lipinski definition) is 2. The van der Waals surface area contributed by atoms with E-state index in [4.69, 9.17) is 0 Å². The van der Waals surface area contributed by atoms with Crippen molar-refractivity contribution >= 4 is 5.82 Å². The van der Waals surface area contributed by atoms with E-state index in [1.807, 2.05) is 24.3 Å². The van der Waals surface area contributed by atoms with E-state index in [-0.39, 0.29) is 5.82 Å². The Bertz CT molecular complexity index is 562. The van der Waals surface area contributed by atoms with Crippen LogP contribution in [0, 0.1) is 0 Å². The zero-order chi connectivity index (χ0) is 14.6. The van der Waals surface area contributed by atoms with Crippen LogP contribution in [0.5, 0.6) is 0 Å². The molecule has 0 unspecified atom stereocenters. The molecule has 2 rings (SSSR count). The molecule has 1 aromatic carbocycles. The van der Waals surface area contributed by atoms with Gasteiger partial charge in [0, 0.05) is 12.7 Å². The molecular weight excluding hydrogens is 265 g/mol. The van der Waals surface area contributed by atoms with Gasteiger partial charge in [-0.1, -0.05) is 31.2 Å².